The van der Waals surface area contributed by atoms with Crippen molar-refractivity contribution in [3.63, 3.8) is 0 Å². The van der Waals surface area contributed by atoms with Crippen LogP contribution in [0.25, 0.3) is 32.3 Å². The molecule has 0 fully saturated rings. The number of benzene rings is 4. The van der Waals surface area contributed by atoms with E-state index in [1.54, 1.807) is 0 Å². The predicted octanol–water partition coefficient (Wildman–Crippen LogP) is 9.12. The number of hydrogen-bond acceptors (Lipinski definition) is 6. The summed E-state index contributed by atoms with van der Waals surface area (Å²) in [6, 6.07) is 19.7. The maximum absolute atomic E-state index is 13.1. The van der Waals surface area contributed by atoms with E-state index in [2.05, 4.69) is 66.0 Å². The number of unbranched alkanes of at least 4 members (excludes halogenated alkanes) is 13. The zero-order chi connectivity index (χ0) is 35.3. The standard InChI is InChI=1S/C40H55O8P/c1-2-3-4-5-6-7-8-12-15-21-35(41)39(43)40(44,29-48-49(45,46)47)36(42)22-16-13-10-9-11-14-18-30-23-24-33-26-25-31-19-17-20-32-27-28-34(30)38(33)37(31)32/h17,19-20,23-28,39,43-44H,2-16,18,21-22,29H2,1H3,(H2,45,46,47). The topological polar surface area (TPSA) is 141 Å². The molecular formula is C40H55O8P. The molecule has 8 nitrogen and oxygen atoms in total. The van der Waals surface area contributed by atoms with Crippen molar-refractivity contribution < 1.29 is 38.7 Å². The van der Waals surface area contributed by atoms with Gasteiger partial charge in [-0.25, -0.2) is 4.57 Å². The summed E-state index contributed by atoms with van der Waals surface area (Å²) in [4.78, 5) is 44.2. The summed E-state index contributed by atoms with van der Waals surface area (Å²) in [6.45, 7) is 1.03. The van der Waals surface area contributed by atoms with Crippen LogP contribution < -0.4 is 0 Å². The molecular weight excluding hydrogens is 639 g/mol. The van der Waals surface area contributed by atoms with Crippen LogP contribution in [-0.2, 0) is 25.1 Å². The Kier molecular flexibility index (Phi) is 15.2. The highest BCUT2D eigenvalue weighted by atomic mass is 31.2. The van der Waals surface area contributed by atoms with Crippen molar-refractivity contribution >= 4 is 51.7 Å². The lowest BCUT2D eigenvalue weighted by molar-refractivity contribution is -0.165. The smallest absolute Gasteiger partial charge is 0.382 e. The number of aliphatic hydroxyl groups excluding tert-OH is 1. The van der Waals surface area contributed by atoms with Crippen molar-refractivity contribution in [3.8, 4) is 0 Å². The van der Waals surface area contributed by atoms with Gasteiger partial charge in [0.15, 0.2) is 23.3 Å². The van der Waals surface area contributed by atoms with Gasteiger partial charge < -0.3 is 20.0 Å². The summed E-state index contributed by atoms with van der Waals surface area (Å²) < 4.78 is 15.8. The van der Waals surface area contributed by atoms with Gasteiger partial charge in [0.2, 0.25) is 0 Å². The molecule has 0 amide bonds. The summed E-state index contributed by atoms with van der Waals surface area (Å²) in [5, 5.41) is 29.5. The van der Waals surface area contributed by atoms with Crippen LogP contribution in [0.5, 0.6) is 0 Å². The molecule has 0 radical (unpaired) electrons. The summed E-state index contributed by atoms with van der Waals surface area (Å²) in [7, 11) is -5.05. The third kappa shape index (κ3) is 11.1. The Balaban J connectivity index is 1.19. The van der Waals surface area contributed by atoms with E-state index in [9.17, 15) is 34.2 Å². The number of aliphatic hydroxyl groups is 2. The van der Waals surface area contributed by atoms with E-state index in [-0.39, 0.29) is 12.8 Å². The van der Waals surface area contributed by atoms with E-state index in [1.807, 2.05) is 0 Å². The van der Waals surface area contributed by atoms with Crippen LogP contribution >= 0.6 is 7.82 Å². The molecule has 49 heavy (non-hydrogen) atoms. The first-order chi connectivity index (χ1) is 23.5. The predicted molar refractivity (Wildman–Crippen MR) is 197 cm³/mol. The molecule has 0 bridgehead atoms. The third-order valence-corrected chi connectivity index (χ3v) is 10.4. The highest BCUT2D eigenvalue weighted by molar-refractivity contribution is 7.46. The number of phosphoric ester groups is 1. The van der Waals surface area contributed by atoms with Crippen LogP contribution in [0.2, 0.25) is 0 Å². The third-order valence-electron chi connectivity index (χ3n) is 9.94. The van der Waals surface area contributed by atoms with Crippen molar-refractivity contribution in [2.75, 3.05) is 6.61 Å². The lowest BCUT2D eigenvalue weighted by Gasteiger charge is -2.30. The highest BCUT2D eigenvalue weighted by Gasteiger charge is 2.47. The minimum absolute atomic E-state index is 0.0306. The maximum Gasteiger partial charge on any atom is 0.469 e. The number of hydrogen-bond donors (Lipinski definition) is 4. The summed E-state index contributed by atoms with van der Waals surface area (Å²) in [5.41, 5.74) is -1.36. The molecule has 0 aliphatic carbocycles. The minimum Gasteiger partial charge on any atom is -0.382 e. The Bertz CT molecular complexity index is 1660. The fourth-order valence-corrected chi connectivity index (χ4v) is 7.41. The fourth-order valence-electron chi connectivity index (χ4n) is 7.05. The quantitative estimate of drug-likeness (QED) is 0.0306. The van der Waals surface area contributed by atoms with E-state index in [4.69, 9.17) is 0 Å². The monoisotopic (exact) mass is 694 g/mol. The summed E-state index contributed by atoms with van der Waals surface area (Å²) in [5.74, 6) is -1.57. The van der Waals surface area contributed by atoms with Crippen LogP contribution in [0, 0.1) is 0 Å². The first-order valence-corrected chi connectivity index (χ1v) is 19.9. The number of carbonyl (C=O) groups excluding carboxylic acids is 2. The van der Waals surface area contributed by atoms with Gasteiger partial charge in [0.1, 0.15) is 0 Å². The Morgan fingerprint density at radius 1 is 0.694 bits per heavy atom. The fraction of sp³-hybridized carbons (Fsp3) is 0.550. The molecule has 0 spiro atoms. The first kappa shape index (κ1) is 39.1. The highest BCUT2D eigenvalue weighted by Crippen LogP contribution is 2.38. The van der Waals surface area contributed by atoms with Crippen LogP contribution in [-0.4, -0.2) is 49.9 Å². The second-order valence-corrected chi connectivity index (χ2v) is 15.0. The molecule has 0 heterocycles. The van der Waals surface area contributed by atoms with Gasteiger partial charge in [-0.3, -0.25) is 14.1 Å². The van der Waals surface area contributed by atoms with E-state index in [0.29, 0.717) is 19.3 Å². The largest absolute Gasteiger partial charge is 0.469 e. The van der Waals surface area contributed by atoms with Crippen molar-refractivity contribution in [1.29, 1.82) is 0 Å². The number of carbonyl (C=O) groups is 2. The van der Waals surface area contributed by atoms with Gasteiger partial charge >= 0.3 is 7.82 Å². The van der Waals surface area contributed by atoms with E-state index < -0.39 is 37.7 Å². The van der Waals surface area contributed by atoms with Gasteiger partial charge in [-0.15, -0.1) is 0 Å². The molecule has 2 unspecified atom stereocenters. The molecule has 0 saturated carbocycles. The van der Waals surface area contributed by atoms with Crippen molar-refractivity contribution in [2.24, 2.45) is 0 Å². The van der Waals surface area contributed by atoms with E-state index in [1.165, 1.54) is 63.6 Å². The average Bonchev–Trinajstić information content (AvgIpc) is 3.09. The number of phosphoric acid groups is 1. The van der Waals surface area contributed by atoms with Crippen LogP contribution in [0.3, 0.4) is 0 Å². The Hall–Kier alpha value is -2.71. The molecule has 0 saturated heterocycles. The van der Waals surface area contributed by atoms with Gasteiger partial charge in [0.25, 0.3) is 0 Å². The van der Waals surface area contributed by atoms with E-state index >= 15 is 0 Å². The minimum atomic E-state index is -5.05. The lowest BCUT2D eigenvalue weighted by Crippen LogP contribution is -2.56. The zero-order valence-corrected chi connectivity index (χ0v) is 30.0. The second-order valence-electron chi connectivity index (χ2n) is 13.8. The average molecular weight is 695 g/mol. The molecule has 268 valence electrons. The molecule has 4 aromatic rings. The number of rotatable bonds is 25. The van der Waals surface area contributed by atoms with Crippen LogP contribution in [0.15, 0.2) is 54.6 Å². The van der Waals surface area contributed by atoms with Crippen molar-refractivity contribution in [2.45, 2.75) is 134 Å². The van der Waals surface area contributed by atoms with Crippen LogP contribution in [0.1, 0.15) is 122 Å². The first-order valence-electron chi connectivity index (χ1n) is 18.4. The Labute approximate surface area is 290 Å². The van der Waals surface area contributed by atoms with Crippen molar-refractivity contribution in [1.82, 2.24) is 0 Å². The molecule has 4 N–H and O–H groups in total. The maximum atomic E-state index is 13.1. The number of Topliss-reactive ketones (excluding diaryl/α,β-unsaturated/α-hetero) is 2. The zero-order valence-electron chi connectivity index (χ0n) is 29.1. The molecule has 9 heteroatoms. The van der Waals surface area contributed by atoms with Gasteiger partial charge in [-0.1, -0.05) is 139 Å². The molecule has 0 aliphatic heterocycles. The Morgan fingerprint density at radius 2 is 1.20 bits per heavy atom. The molecule has 0 aliphatic rings. The van der Waals surface area contributed by atoms with E-state index in [0.717, 1.165) is 57.8 Å². The molecule has 0 aromatic heterocycles. The molecule has 4 aromatic carbocycles. The normalized spacial score (nSPS) is 14.1. The van der Waals surface area contributed by atoms with Crippen molar-refractivity contribution in [3.05, 3.63) is 60.2 Å². The van der Waals surface area contributed by atoms with Gasteiger partial charge in [-0.2, -0.15) is 0 Å². The number of ketones is 2. The van der Waals surface area contributed by atoms with Crippen LogP contribution in [0.4, 0.5) is 0 Å². The summed E-state index contributed by atoms with van der Waals surface area (Å²) >= 11 is 0. The van der Waals surface area contributed by atoms with Gasteiger partial charge in [0, 0.05) is 12.8 Å². The number of aryl methyl sites for hydroxylation is 1. The van der Waals surface area contributed by atoms with Gasteiger partial charge in [-0.05, 0) is 63.6 Å². The molecule has 4 rings (SSSR count). The van der Waals surface area contributed by atoms with Gasteiger partial charge in [0.05, 0.1) is 6.61 Å². The lowest BCUT2D eigenvalue weighted by atomic mass is 9.85. The SMILES string of the molecule is CCCCCCCCCCCC(=O)C(O)C(O)(COP(=O)(O)O)C(=O)CCCCCCCCc1ccc2ccc3cccc4ccc1c2c34. The molecule has 2 atom stereocenters. The second kappa shape index (κ2) is 19.1. The Morgan fingerprint density at radius 3 is 1.82 bits per heavy atom. The summed E-state index contributed by atoms with van der Waals surface area (Å²) in [6.07, 6.45) is 13.1.